The third-order valence-corrected chi connectivity index (χ3v) is 9.64. The van der Waals surface area contributed by atoms with Gasteiger partial charge in [-0.3, -0.25) is 0 Å². The molecule has 1 aromatic heterocycles. The minimum absolute atomic E-state index is 0.381. The van der Waals surface area contributed by atoms with E-state index in [4.69, 9.17) is 16.9 Å². The maximum absolute atomic E-state index is 8.74. The Morgan fingerprint density at radius 2 is 1.61 bits per heavy atom. The summed E-state index contributed by atoms with van der Waals surface area (Å²) in [6, 6.07) is 35.2. The van der Waals surface area contributed by atoms with Crippen molar-refractivity contribution in [2.75, 3.05) is 11.1 Å². The van der Waals surface area contributed by atoms with Gasteiger partial charge in [0.2, 0.25) is 0 Å². The first-order valence-electron chi connectivity index (χ1n) is 15.3. The van der Waals surface area contributed by atoms with Gasteiger partial charge in [0, 0.05) is 42.9 Å². The predicted molar refractivity (Wildman–Crippen MR) is 201 cm³/mol. The molecular formula is C41H34N4S. The molecule has 224 valence electrons. The average molecular weight is 615 g/mol. The van der Waals surface area contributed by atoms with Gasteiger partial charge in [-0.1, -0.05) is 97.6 Å². The Hall–Kier alpha value is -5.65. The monoisotopic (exact) mass is 614 g/mol. The van der Waals surface area contributed by atoms with Gasteiger partial charge in [-0.05, 0) is 94.3 Å². The van der Waals surface area contributed by atoms with Crippen LogP contribution in [0.3, 0.4) is 0 Å². The number of nitrogens with two attached hydrogens (primary N) is 2. The Morgan fingerprint density at radius 1 is 0.826 bits per heavy atom. The predicted octanol–water partition coefficient (Wildman–Crippen LogP) is 10.8. The maximum Gasteiger partial charge on any atom is 0.0632 e. The van der Waals surface area contributed by atoms with Gasteiger partial charge in [0.05, 0.1) is 5.71 Å². The van der Waals surface area contributed by atoms with Crippen LogP contribution in [0.5, 0.6) is 0 Å². The van der Waals surface area contributed by atoms with Crippen LogP contribution >= 0.6 is 11.3 Å². The van der Waals surface area contributed by atoms with Crippen molar-refractivity contribution >= 4 is 71.6 Å². The third kappa shape index (κ3) is 5.76. The first-order valence-corrected chi connectivity index (χ1v) is 16.2. The molecule has 0 atom stereocenters. The zero-order chi connectivity index (χ0) is 31.6. The van der Waals surface area contributed by atoms with Gasteiger partial charge in [0.25, 0.3) is 0 Å². The van der Waals surface area contributed by atoms with E-state index in [1.165, 1.54) is 36.9 Å². The van der Waals surface area contributed by atoms with Gasteiger partial charge in [-0.2, -0.15) is 0 Å². The molecule has 6 aromatic rings. The quantitative estimate of drug-likeness (QED) is 0.102. The molecule has 0 radical (unpaired) electrons. The summed E-state index contributed by atoms with van der Waals surface area (Å²) in [5, 5.41) is 14.7. The number of rotatable bonds is 8. The van der Waals surface area contributed by atoms with Gasteiger partial charge < -0.3 is 22.2 Å². The van der Waals surface area contributed by atoms with E-state index in [1.807, 2.05) is 48.5 Å². The molecule has 0 saturated heterocycles. The van der Waals surface area contributed by atoms with E-state index < -0.39 is 0 Å². The van der Waals surface area contributed by atoms with Crippen LogP contribution in [0.4, 0.5) is 17.1 Å². The largest absolute Gasteiger partial charge is 0.399 e. The highest BCUT2D eigenvalue weighted by Gasteiger charge is 2.12. The zero-order valence-electron chi connectivity index (χ0n) is 25.4. The number of thiophene rings is 1. The molecule has 5 heteroatoms. The first-order chi connectivity index (χ1) is 22.5. The Balaban J connectivity index is 1.12. The third-order valence-electron chi connectivity index (χ3n) is 8.42. The highest BCUT2D eigenvalue weighted by atomic mass is 32.1. The van der Waals surface area contributed by atoms with E-state index in [-0.39, 0.29) is 0 Å². The summed E-state index contributed by atoms with van der Waals surface area (Å²) < 4.78 is 2.47. The summed E-state index contributed by atoms with van der Waals surface area (Å²) in [6.45, 7) is 3.93. The average Bonchev–Trinajstić information content (AvgIpc) is 3.48. The number of hydrogen-bond acceptors (Lipinski definition) is 5. The molecule has 1 aliphatic rings. The fourth-order valence-electron chi connectivity index (χ4n) is 5.96. The van der Waals surface area contributed by atoms with Crippen molar-refractivity contribution in [3.8, 4) is 11.1 Å². The van der Waals surface area contributed by atoms with E-state index in [2.05, 4.69) is 90.8 Å². The number of fused-ring (bicyclic) bond motifs is 3. The lowest BCUT2D eigenvalue weighted by atomic mass is 9.97. The first kappa shape index (κ1) is 29.1. The minimum atomic E-state index is 0.381. The number of nitrogens with one attached hydrogen (secondary N) is 2. The Bertz CT molecular complexity index is 2210. The summed E-state index contributed by atoms with van der Waals surface area (Å²) in [6.07, 6.45) is 12.4. The molecule has 46 heavy (non-hydrogen) atoms. The molecular weight excluding hydrogens is 581 g/mol. The fraction of sp³-hybridized carbons (Fsp3) is 0.0488. The molecule has 0 unspecified atom stereocenters. The fourth-order valence-corrected chi connectivity index (χ4v) is 7.18. The van der Waals surface area contributed by atoms with E-state index in [0.29, 0.717) is 17.1 Å². The number of hydrogen-bond donors (Lipinski definition) is 4. The second-order valence-electron chi connectivity index (χ2n) is 11.5. The van der Waals surface area contributed by atoms with Crippen molar-refractivity contribution in [2.45, 2.75) is 12.8 Å². The SMILES string of the molecule is C=Cc1cc(N)ccc1Nc1ccc2sc3c(-c4ccc(C(=N)/C=C(\N)c5ccc(C6=CCCC=C6)cc5)cc4)cccc3c2c1. The molecule has 7 rings (SSSR count). The second kappa shape index (κ2) is 12.4. The Kier molecular flexibility index (Phi) is 7.83. The molecule has 5 aromatic carbocycles. The van der Waals surface area contributed by atoms with Crippen molar-refractivity contribution in [3.05, 3.63) is 156 Å². The summed E-state index contributed by atoms with van der Waals surface area (Å²) in [4.78, 5) is 0. The summed E-state index contributed by atoms with van der Waals surface area (Å²) in [5.41, 5.74) is 23.5. The van der Waals surface area contributed by atoms with Crippen LogP contribution in [0, 0.1) is 5.41 Å². The lowest BCUT2D eigenvalue weighted by Gasteiger charge is -2.11. The molecule has 0 saturated carbocycles. The van der Waals surface area contributed by atoms with Crippen molar-refractivity contribution in [3.63, 3.8) is 0 Å². The van der Waals surface area contributed by atoms with Crippen LogP contribution in [0.25, 0.3) is 48.6 Å². The summed E-state index contributed by atoms with van der Waals surface area (Å²) in [5.74, 6) is 0. The Morgan fingerprint density at radius 3 is 2.37 bits per heavy atom. The summed E-state index contributed by atoms with van der Waals surface area (Å²) >= 11 is 1.80. The smallest absolute Gasteiger partial charge is 0.0632 e. The minimum Gasteiger partial charge on any atom is -0.399 e. The number of benzene rings is 5. The van der Waals surface area contributed by atoms with Crippen LogP contribution in [0.1, 0.15) is 35.1 Å². The van der Waals surface area contributed by atoms with Crippen molar-refractivity contribution in [2.24, 2.45) is 5.73 Å². The number of nitrogen functional groups attached to an aromatic ring is 1. The molecule has 0 aliphatic heterocycles. The van der Waals surface area contributed by atoms with Crippen LogP contribution < -0.4 is 16.8 Å². The van der Waals surface area contributed by atoms with Gasteiger partial charge in [-0.15, -0.1) is 11.3 Å². The molecule has 0 amide bonds. The lowest BCUT2D eigenvalue weighted by Crippen LogP contribution is -2.02. The second-order valence-corrected chi connectivity index (χ2v) is 12.5. The highest BCUT2D eigenvalue weighted by molar-refractivity contribution is 7.26. The van der Waals surface area contributed by atoms with Crippen molar-refractivity contribution in [1.82, 2.24) is 0 Å². The highest BCUT2D eigenvalue weighted by Crippen LogP contribution is 2.41. The van der Waals surface area contributed by atoms with E-state index in [0.717, 1.165) is 46.5 Å². The van der Waals surface area contributed by atoms with E-state index >= 15 is 0 Å². The molecule has 6 N–H and O–H groups in total. The Labute approximate surface area is 273 Å². The maximum atomic E-state index is 8.74. The van der Waals surface area contributed by atoms with Gasteiger partial charge in [-0.25, -0.2) is 0 Å². The number of allylic oxidation sites excluding steroid dienone is 5. The van der Waals surface area contributed by atoms with Gasteiger partial charge >= 0.3 is 0 Å². The standard InChI is InChI=1S/C41H34N4S/c1-2-26-23-32(42)19-21-39(26)45-33-20-22-40-36(24-33)35-10-6-9-34(41(35)46-40)29-13-17-31(18-14-29)38(44)25-37(43)30-15-11-28(12-16-30)27-7-4-3-5-8-27/h2,4,6-25,44-45H,1,3,5,42-43H2/b37-25-,44-38?. The van der Waals surface area contributed by atoms with Crippen LogP contribution in [0.15, 0.2) is 134 Å². The van der Waals surface area contributed by atoms with Crippen molar-refractivity contribution in [1.29, 1.82) is 5.41 Å². The molecule has 0 spiro atoms. The van der Waals surface area contributed by atoms with Crippen LogP contribution in [-0.2, 0) is 0 Å². The molecule has 1 aliphatic carbocycles. The van der Waals surface area contributed by atoms with Crippen molar-refractivity contribution < 1.29 is 0 Å². The van der Waals surface area contributed by atoms with Gasteiger partial charge in [0.1, 0.15) is 0 Å². The van der Waals surface area contributed by atoms with Gasteiger partial charge in [0.15, 0.2) is 0 Å². The van der Waals surface area contributed by atoms with E-state index in [1.54, 1.807) is 17.4 Å². The normalized spacial score (nSPS) is 13.1. The number of anilines is 3. The van der Waals surface area contributed by atoms with Crippen LogP contribution in [0.2, 0.25) is 0 Å². The summed E-state index contributed by atoms with van der Waals surface area (Å²) in [7, 11) is 0. The lowest BCUT2D eigenvalue weighted by molar-refractivity contribution is 1.04. The van der Waals surface area contributed by atoms with E-state index in [9.17, 15) is 0 Å². The molecule has 4 nitrogen and oxygen atoms in total. The topological polar surface area (TPSA) is 87.9 Å². The van der Waals surface area contributed by atoms with Crippen LogP contribution in [-0.4, -0.2) is 5.71 Å². The molecule has 0 bridgehead atoms. The molecule has 0 fully saturated rings. The molecule has 1 heterocycles. The zero-order valence-corrected chi connectivity index (χ0v) is 26.2.